The van der Waals surface area contributed by atoms with Crippen LogP contribution in [0.3, 0.4) is 0 Å². The maximum atomic E-state index is 9.75. The lowest BCUT2D eigenvalue weighted by Crippen LogP contribution is -2.02. The first-order valence-electron chi connectivity index (χ1n) is 4.49. The van der Waals surface area contributed by atoms with E-state index in [-0.39, 0.29) is 6.61 Å². The van der Waals surface area contributed by atoms with Gasteiger partial charge in [0.1, 0.15) is 0 Å². The first-order chi connectivity index (χ1) is 7.74. The highest BCUT2D eigenvalue weighted by atomic mass is 32.1. The van der Waals surface area contributed by atoms with Gasteiger partial charge in [0, 0.05) is 30.0 Å². The van der Waals surface area contributed by atoms with Gasteiger partial charge in [-0.3, -0.25) is 0 Å². The summed E-state index contributed by atoms with van der Waals surface area (Å²) < 4.78 is 39.0. The lowest BCUT2D eigenvalue weighted by molar-refractivity contribution is 0.318. The molecule has 0 fully saturated rings. The van der Waals surface area contributed by atoms with Crippen LogP contribution >= 0.6 is 12.2 Å². The SMILES string of the molecule is CCO.F[B-](F)(F)F.N#[N+]C1=CCC(=S)C=C1. The van der Waals surface area contributed by atoms with E-state index >= 15 is 0 Å². The zero-order chi connectivity index (χ0) is 13.9. The number of diazo groups is 1. The molecule has 1 rings (SSSR count). The van der Waals surface area contributed by atoms with E-state index in [4.69, 9.17) is 22.7 Å². The first kappa shape index (κ1) is 18.1. The highest BCUT2D eigenvalue weighted by molar-refractivity contribution is 7.80. The fourth-order valence-corrected chi connectivity index (χ4v) is 0.745. The Morgan fingerprint density at radius 2 is 1.82 bits per heavy atom. The molecular weight excluding hydrogens is 259 g/mol. The molecule has 3 nitrogen and oxygen atoms in total. The number of thiocarbonyl (C=S) groups is 1. The van der Waals surface area contributed by atoms with Gasteiger partial charge in [0.2, 0.25) is 5.39 Å². The van der Waals surface area contributed by atoms with Crippen molar-refractivity contribution in [1.29, 1.82) is 5.39 Å². The van der Waals surface area contributed by atoms with Gasteiger partial charge in [0.15, 0.2) is 4.98 Å². The molecule has 0 atom stereocenters. The molecule has 96 valence electrons. The van der Waals surface area contributed by atoms with E-state index in [1.54, 1.807) is 25.2 Å². The summed E-state index contributed by atoms with van der Waals surface area (Å²) in [5, 5.41) is 15.8. The number of aliphatic hydroxyl groups excluding tert-OH is 1. The zero-order valence-electron chi connectivity index (χ0n) is 8.99. The van der Waals surface area contributed by atoms with Crippen LogP contribution in [0.15, 0.2) is 23.9 Å². The van der Waals surface area contributed by atoms with E-state index in [0.717, 1.165) is 4.86 Å². The van der Waals surface area contributed by atoms with Gasteiger partial charge < -0.3 is 22.4 Å². The van der Waals surface area contributed by atoms with E-state index in [2.05, 4.69) is 4.98 Å². The molecule has 0 radical (unpaired) electrons. The summed E-state index contributed by atoms with van der Waals surface area (Å²) in [6.07, 6.45) is 5.95. The largest absolute Gasteiger partial charge is 0.673 e. The molecule has 0 spiro atoms. The average Bonchev–Trinajstić information content (AvgIpc) is 2.17. The summed E-state index contributed by atoms with van der Waals surface area (Å²) in [4.78, 5) is 3.87. The van der Waals surface area contributed by atoms with Crippen molar-refractivity contribution in [3.05, 3.63) is 28.9 Å². The van der Waals surface area contributed by atoms with Crippen LogP contribution in [-0.4, -0.2) is 23.8 Å². The van der Waals surface area contributed by atoms with E-state index in [1.165, 1.54) is 0 Å². The van der Waals surface area contributed by atoms with Crippen LogP contribution in [-0.2, 0) is 0 Å². The van der Waals surface area contributed by atoms with Crippen LogP contribution in [0.4, 0.5) is 17.3 Å². The minimum atomic E-state index is -6.00. The molecular formula is C8H11BF4N2OS. The third-order valence-electron chi connectivity index (χ3n) is 1.07. The fourth-order valence-electron chi connectivity index (χ4n) is 0.594. The van der Waals surface area contributed by atoms with E-state index in [9.17, 15) is 17.3 Å². The monoisotopic (exact) mass is 270 g/mol. The van der Waals surface area contributed by atoms with Crippen molar-refractivity contribution in [3.63, 3.8) is 0 Å². The molecule has 0 bridgehead atoms. The minimum absolute atomic E-state index is 0.250. The number of nitrogens with zero attached hydrogens (tertiary/aromatic N) is 2. The second-order valence-corrected chi connectivity index (χ2v) is 3.07. The number of rotatable bonds is 0. The average molecular weight is 270 g/mol. The minimum Gasteiger partial charge on any atom is -0.418 e. The summed E-state index contributed by atoms with van der Waals surface area (Å²) in [6.45, 7) is 1.93. The van der Waals surface area contributed by atoms with Crippen molar-refractivity contribution in [2.45, 2.75) is 13.3 Å². The Bertz CT molecular complexity index is 329. The molecule has 17 heavy (non-hydrogen) atoms. The number of hydrogen-bond donors (Lipinski definition) is 1. The maximum Gasteiger partial charge on any atom is 0.673 e. The topological polar surface area (TPSA) is 48.4 Å². The predicted molar refractivity (Wildman–Crippen MR) is 62.5 cm³/mol. The molecule has 0 aromatic carbocycles. The fraction of sp³-hybridized carbons (Fsp3) is 0.375. The van der Waals surface area contributed by atoms with Gasteiger partial charge in [-0.05, 0) is 13.0 Å². The maximum absolute atomic E-state index is 9.75. The zero-order valence-corrected chi connectivity index (χ0v) is 9.80. The smallest absolute Gasteiger partial charge is 0.418 e. The second kappa shape index (κ2) is 9.93. The van der Waals surface area contributed by atoms with Gasteiger partial charge in [-0.2, -0.15) is 0 Å². The first-order valence-corrected chi connectivity index (χ1v) is 4.89. The Morgan fingerprint density at radius 1 is 1.41 bits per heavy atom. The van der Waals surface area contributed by atoms with Gasteiger partial charge in [-0.15, -0.1) is 0 Å². The quantitative estimate of drug-likeness (QED) is 0.318. The van der Waals surface area contributed by atoms with Crippen LogP contribution in [0.1, 0.15) is 13.3 Å². The van der Waals surface area contributed by atoms with Crippen molar-refractivity contribution in [2.24, 2.45) is 0 Å². The molecule has 0 amide bonds. The lowest BCUT2D eigenvalue weighted by Gasteiger charge is -1.94. The molecule has 0 unspecified atom stereocenters. The van der Waals surface area contributed by atoms with E-state index < -0.39 is 7.25 Å². The van der Waals surface area contributed by atoms with Crippen molar-refractivity contribution in [2.75, 3.05) is 6.61 Å². The number of allylic oxidation sites excluding steroid dienone is 3. The van der Waals surface area contributed by atoms with E-state index in [1.807, 2.05) is 0 Å². The molecule has 1 N–H and O–H groups in total. The Hall–Kier alpha value is -1.27. The second-order valence-electron chi connectivity index (χ2n) is 2.54. The van der Waals surface area contributed by atoms with Crippen molar-refractivity contribution in [3.8, 4) is 0 Å². The Labute approximate surface area is 102 Å². The number of halogens is 4. The standard InChI is InChI=1S/C6H5N2S.C2H6O.BF4/c7-8-5-1-3-6(9)4-2-5;1-2-3;2-1(3,4)5/h1-3H,4H2;3H,2H2,1H3;/q+1;;-1. The summed E-state index contributed by atoms with van der Waals surface area (Å²) in [6, 6.07) is 0. The summed E-state index contributed by atoms with van der Waals surface area (Å²) >= 11 is 4.85. The van der Waals surface area contributed by atoms with Gasteiger partial charge in [0.05, 0.1) is 0 Å². The third-order valence-corrected chi connectivity index (χ3v) is 1.37. The van der Waals surface area contributed by atoms with Crippen LogP contribution in [0.25, 0.3) is 4.98 Å². The van der Waals surface area contributed by atoms with Crippen LogP contribution < -0.4 is 0 Å². The van der Waals surface area contributed by atoms with Gasteiger partial charge in [-0.25, -0.2) is 0 Å². The van der Waals surface area contributed by atoms with Crippen molar-refractivity contribution in [1.82, 2.24) is 0 Å². The van der Waals surface area contributed by atoms with Crippen LogP contribution in [0.5, 0.6) is 0 Å². The van der Waals surface area contributed by atoms with Crippen molar-refractivity contribution < 1.29 is 22.4 Å². The Balaban J connectivity index is 0. The summed E-state index contributed by atoms with van der Waals surface area (Å²) in [5.41, 5.74) is 0.587. The van der Waals surface area contributed by atoms with E-state index in [0.29, 0.717) is 12.1 Å². The highest BCUT2D eigenvalue weighted by Crippen LogP contribution is 2.08. The molecule has 0 aromatic rings. The van der Waals surface area contributed by atoms with Gasteiger partial charge >= 0.3 is 13.0 Å². The molecule has 9 heteroatoms. The molecule has 0 aliphatic heterocycles. The highest BCUT2D eigenvalue weighted by Gasteiger charge is 2.20. The molecule has 0 saturated carbocycles. The summed E-state index contributed by atoms with van der Waals surface area (Å²) in [7, 11) is -6.00. The lowest BCUT2D eigenvalue weighted by atomic mass is 10.1. The van der Waals surface area contributed by atoms with Crippen molar-refractivity contribution >= 4 is 24.3 Å². The molecule has 0 heterocycles. The number of aliphatic hydroxyl groups is 1. The molecule has 0 saturated heterocycles. The van der Waals surface area contributed by atoms with Gasteiger partial charge in [-0.1, -0.05) is 12.2 Å². The number of hydrogen-bond acceptors (Lipinski definition) is 3. The normalized spacial score (nSPS) is 13.5. The Kier molecular flexibility index (Phi) is 10.6. The molecule has 0 aromatic heterocycles. The predicted octanol–water partition coefficient (Wildman–Crippen LogP) is 3.35. The summed E-state index contributed by atoms with van der Waals surface area (Å²) in [5.74, 6) is 0. The third kappa shape index (κ3) is 20.7. The van der Waals surface area contributed by atoms with Crippen LogP contribution in [0, 0.1) is 5.39 Å². The molecule has 1 aliphatic carbocycles. The Morgan fingerprint density at radius 3 is 2.06 bits per heavy atom. The van der Waals surface area contributed by atoms with Crippen LogP contribution in [0.2, 0.25) is 0 Å². The molecule has 1 aliphatic rings. The van der Waals surface area contributed by atoms with Gasteiger partial charge in [0.25, 0.3) is 0 Å².